The summed E-state index contributed by atoms with van der Waals surface area (Å²) >= 11 is 0. The van der Waals surface area contributed by atoms with Gasteiger partial charge in [0.2, 0.25) is 0 Å². The van der Waals surface area contributed by atoms with E-state index in [9.17, 15) is 9.18 Å². The molecule has 4 rings (SSSR count). The van der Waals surface area contributed by atoms with Crippen LogP contribution in [0.5, 0.6) is 0 Å². The van der Waals surface area contributed by atoms with Crippen molar-refractivity contribution in [1.29, 1.82) is 0 Å². The van der Waals surface area contributed by atoms with Gasteiger partial charge in [0.05, 0.1) is 11.4 Å². The molecule has 0 bridgehead atoms. The van der Waals surface area contributed by atoms with Gasteiger partial charge in [0, 0.05) is 22.4 Å². The van der Waals surface area contributed by atoms with E-state index in [4.69, 9.17) is 0 Å². The number of aromatic nitrogens is 2. The summed E-state index contributed by atoms with van der Waals surface area (Å²) in [4.78, 5) is 19.1. The van der Waals surface area contributed by atoms with Crippen LogP contribution >= 0.6 is 0 Å². The number of nitrogens with zero attached hydrogens (tertiary/aromatic N) is 1. The van der Waals surface area contributed by atoms with Crippen molar-refractivity contribution in [3.05, 3.63) is 77.0 Å². The summed E-state index contributed by atoms with van der Waals surface area (Å²) in [7, 11) is 0. The van der Waals surface area contributed by atoms with E-state index < -0.39 is 0 Å². The number of para-hydroxylation sites is 1. The van der Waals surface area contributed by atoms with Crippen LogP contribution in [-0.2, 0) is 0 Å². The van der Waals surface area contributed by atoms with Crippen molar-refractivity contribution in [3.8, 4) is 0 Å². The second-order valence-corrected chi connectivity index (χ2v) is 5.19. The Morgan fingerprint density at radius 3 is 2.48 bits per heavy atom. The SMILES string of the molecule is O=c1[nH]c2nccc(Nc3ccccc3F)c2c2ccccc12. The number of hydrogen-bond acceptors (Lipinski definition) is 3. The number of fused-ring (bicyclic) bond motifs is 3. The van der Waals surface area contributed by atoms with Crippen molar-refractivity contribution in [2.24, 2.45) is 0 Å². The van der Waals surface area contributed by atoms with E-state index in [0.717, 1.165) is 10.8 Å². The zero-order chi connectivity index (χ0) is 15.8. The number of anilines is 2. The number of rotatable bonds is 2. The Labute approximate surface area is 130 Å². The number of pyridine rings is 2. The fraction of sp³-hybridized carbons (Fsp3) is 0. The Hall–Kier alpha value is -3.21. The first-order chi connectivity index (χ1) is 11.2. The second kappa shape index (κ2) is 5.21. The molecule has 0 aliphatic carbocycles. The molecule has 0 amide bonds. The summed E-state index contributed by atoms with van der Waals surface area (Å²) in [5.74, 6) is -0.341. The maximum Gasteiger partial charge on any atom is 0.257 e. The Balaban J connectivity index is 2.03. The Morgan fingerprint density at radius 1 is 0.913 bits per heavy atom. The number of halogens is 1. The van der Waals surface area contributed by atoms with Crippen molar-refractivity contribution in [2.45, 2.75) is 0 Å². The van der Waals surface area contributed by atoms with Crippen LogP contribution in [-0.4, -0.2) is 9.97 Å². The maximum atomic E-state index is 13.9. The van der Waals surface area contributed by atoms with Crippen LogP contribution in [0.3, 0.4) is 0 Å². The highest BCUT2D eigenvalue weighted by molar-refractivity contribution is 6.10. The van der Waals surface area contributed by atoms with Crippen LogP contribution < -0.4 is 10.9 Å². The van der Waals surface area contributed by atoms with Gasteiger partial charge in [-0.25, -0.2) is 9.37 Å². The molecule has 23 heavy (non-hydrogen) atoms. The van der Waals surface area contributed by atoms with E-state index >= 15 is 0 Å². The minimum absolute atomic E-state index is 0.191. The topological polar surface area (TPSA) is 57.8 Å². The number of nitrogens with one attached hydrogen (secondary N) is 2. The molecule has 4 aromatic rings. The van der Waals surface area contributed by atoms with Crippen LogP contribution in [0.25, 0.3) is 21.8 Å². The second-order valence-electron chi connectivity index (χ2n) is 5.19. The molecule has 4 nitrogen and oxygen atoms in total. The minimum atomic E-state index is -0.341. The Kier molecular flexibility index (Phi) is 3.05. The van der Waals surface area contributed by atoms with Crippen molar-refractivity contribution >= 4 is 33.2 Å². The van der Waals surface area contributed by atoms with Gasteiger partial charge in [0.25, 0.3) is 5.56 Å². The van der Waals surface area contributed by atoms with Crippen LogP contribution in [0.2, 0.25) is 0 Å². The molecule has 2 N–H and O–H groups in total. The summed E-state index contributed by atoms with van der Waals surface area (Å²) in [6.07, 6.45) is 1.58. The van der Waals surface area contributed by atoms with E-state index in [0.29, 0.717) is 22.4 Å². The Morgan fingerprint density at radius 2 is 1.65 bits per heavy atom. The molecule has 0 atom stereocenters. The zero-order valence-corrected chi connectivity index (χ0v) is 12.0. The van der Waals surface area contributed by atoms with Crippen molar-refractivity contribution in [2.75, 3.05) is 5.32 Å². The van der Waals surface area contributed by atoms with E-state index in [1.807, 2.05) is 18.2 Å². The molecule has 0 saturated heterocycles. The summed E-state index contributed by atoms with van der Waals surface area (Å²) in [6.45, 7) is 0. The van der Waals surface area contributed by atoms with Gasteiger partial charge in [0.1, 0.15) is 11.5 Å². The molecule has 0 saturated carbocycles. The lowest BCUT2D eigenvalue weighted by Gasteiger charge is -2.11. The third kappa shape index (κ3) is 2.23. The molecular formula is C18H12FN3O. The van der Waals surface area contributed by atoms with E-state index in [1.165, 1.54) is 6.07 Å². The molecule has 0 radical (unpaired) electrons. The minimum Gasteiger partial charge on any atom is -0.352 e. The van der Waals surface area contributed by atoms with Crippen LogP contribution in [0, 0.1) is 5.82 Å². The molecule has 2 heterocycles. The number of aromatic amines is 1. The molecule has 0 aliphatic heterocycles. The summed E-state index contributed by atoms with van der Waals surface area (Å²) in [5.41, 5.74) is 1.33. The van der Waals surface area contributed by atoms with Gasteiger partial charge in [-0.2, -0.15) is 0 Å². The van der Waals surface area contributed by atoms with Gasteiger partial charge in [0.15, 0.2) is 0 Å². The number of H-pyrrole nitrogens is 1. The first kappa shape index (κ1) is 13.5. The number of hydrogen-bond donors (Lipinski definition) is 2. The predicted molar refractivity (Wildman–Crippen MR) is 89.6 cm³/mol. The molecule has 2 aromatic carbocycles. The average Bonchev–Trinajstić information content (AvgIpc) is 2.57. The van der Waals surface area contributed by atoms with E-state index in [-0.39, 0.29) is 11.4 Å². The lowest BCUT2D eigenvalue weighted by Crippen LogP contribution is -2.08. The zero-order valence-electron chi connectivity index (χ0n) is 12.0. The van der Waals surface area contributed by atoms with Crippen molar-refractivity contribution < 1.29 is 4.39 Å². The molecule has 5 heteroatoms. The molecule has 112 valence electrons. The fourth-order valence-corrected chi connectivity index (χ4v) is 2.72. The summed E-state index contributed by atoms with van der Waals surface area (Å²) in [5, 5.41) is 5.20. The van der Waals surface area contributed by atoms with Crippen molar-refractivity contribution in [1.82, 2.24) is 9.97 Å². The fourth-order valence-electron chi connectivity index (χ4n) is 2.72. The molecular weight excluding hydrogens is 293 g/mol. The quantitative estimate of drug-likeness (QED) is 0.551. The van der Waals surface area contributed by atoms with Crippen LogP contribution in [0.15, 0.2) is 65.6 Å². The first-order valence-electron chi connectivity index (χ1n) is 7.15. The van der Waals surface area contributed by atoms with Gasteiger partial charge < -0.3 is 10.3 Å². The normalized spacial score (nSPS) is 11.0. The first-order valence-corrected chi connectivity index (χ1v) is 7.15. The molecule has 0 unspecified atom stereocenters. The van der Waals surface area contributed by atoms with Gasteiger partial charge in [-0.15, -0.1) is 0 Å². The Bertz CT molecular complexity index is 1090. The average molecular weight is 305 g/mol. The maximum absolute atomic E-state index is 13.9. The highest BCUT2D eigenvalue weighted by atomic mass is 19.1. The van der Waals surface area contributed by atoms with E-state index in [1.54, 1.807) is 36.5 Å². The lowest BCUT2D eigenvalue weighted by molar-refractivity contribution is 0.632. The smallest absolute Gasteiger partial charge is 0.257 e. The van der Waals surface area contributed by atoms with Gasteiger partial charge in [-0.3, -0.25) is 4.79 Å². The lowest BCUT2D eigenvalue weighted by atomic mass is 10.1. The third-order valence-electron chi connectivity index (χ3n) is 3.77. The highest BCUT2D eigenvalue weighted by Crippen LogP contribution is 2.30. The molecule has 0 spiro atoms. The summed E-state index contributed by atoms with van der Waals surface area (Å²) < 4.78 is 13.9. The third-order valence-corrected chi connectivity index (χ3v) is 3.77. The van der Waals surface area contributed by atoms with E-state index in [2.05, 4.69) is 15.3 Å². The van der Waals surface area contributed by atoms with Gasteiger partial charge in [-0.1, -0.05) is 30.3 Å². The van der Waals surface area contributed by atoms with Crippen molar-refractivity contribution in [3.63, 3.8) is 0 Å². The molecule has 0 fully saturated rings. The standard InChI is InChI=1S/C18H12FN3O/c19-13-7-3-4-8-14(13)21-15-9-10-20-17-16(15)11-5-1-2-6-12(11)18(23)22-17/h1-10H,(H2,20,21,22,23). The predicted octanol–water partition coefficient (Wildman–Crippen LogP) is 3.96. The monoisotopic (exact) mass is 305 g/mol. The van der Waals surface area contributed by atoms with Crippen LogP contribution in [0.1, 0.15) is 0 Å². The number of benzene rings is 2. The highest BCUT2D eigenvalue weighted by Gasteiger charge is 2.11. The van der Waals surface area contributed by atoms with Gasteiger partial charge in [-0.05, 0) is 24.3 Å². The summed E-state index contributed by atoms with van der Waals surface area (Å²) in [6, 6.07) is 15.5. The molecule has 2 aromatic heterocycles. The van der Waals surface area contributed by atoms with Gasteiger partial charge >= 0.3 is 0 Å². The van der Waals surface area contributed by atoms with Crippen LogP contribution in [0.4, 0.5) is 15.8 Å². The largest absolute Gasteiger partial charge is 0.352 e. The molecule has 0 aliphatic rings.